The van der Waals surface area contributed by atoms with E-state index in [0.29, 0.717) is 28.1 Å². The van der Waals surface area contributed by atoms with E-state index in [2.05, 4.69) is 5.32 Å². The Morgan fingerprint density at radius 2 is 1.71 bits per heavy atom. The molecule has 8 heteroatoms. The molecule has 0 saturated carbocycles. The first-order valence-corrected chi connectivity index (χ1v) is 8.74. The van der Waals surface area contributed by atoms with E-state index in [9.17, 15) is 14.4 Å². The van der Waals surface area contributed by atoms with Crippen molar-refractivity contribution in [2.45, 2.75) is 20.0 Å². The second-order valence-electron chi connectivity index (χ2n) is 6.05. The molecule has 2 aromatic carbocycles. The van der Waals surface area contributed by atoms with Crippen LogP contribution in [0.4, 0.5) is 5.69 Å². The topological polar surface area (TPSA) is 91.6 Å². The third kappa shape index (κ3) is 3.48. The van der Waals surface area contributed by atoms with Crippen LogP contribution in [0.25, 0.3) is 10.9 Å². The van der Waals surface area contributed by atoms with Gasteiger partial charge in [0.2, 0.25) is 5.91 Å². The van der Waals surface area contributed by atoms with E-state index in [1.807, 2.05) is 0 Å². The van der Waals surface area contributed by atoms with Crippen molar-refractivity contribution in [1.29, 1.82) is 0 Å². The Morgan fingerprint density at radius 3 is 2.39 bits per heavy atom. The standard InChI is InChI=1S/C20H21N3O5/c1-4-22-19(25)14-7-5-6-8-15(14)23(20(22)26)12-18(24)21-13-9-10-16(27-2)17(11-13)28-3/h5-11H,4,12H2,1-3H3,(H,21,24). The molecule has 0 radical (unpaired) electrons. The number of carbonyl (C=O) groups is 1. The van der Waals surface area contributed by atoms with E-state index in [4.69, 9.17) is 9.47 Å². The van der Waals surface area contributed by atoms with Crippen molar-refractivity contribution in [3.8, 4) is 11.5 Å². The molecule has 1 heterocycles. The first-order valence-electron chi connectivity index (χ1n) is 8.74. The summed E-state index contributed by atoms with van der Waals surface area (Å²) < 4.78 is 12.8. The highest BCUT2D eigenvalue weighted by molar-refractivity contribution is 5.92. The summed E-state index contributed by atoms with van der Waals surface area (Å²) in [4.78, 5) is 37.8. The van der Waals surface area contributed by atoms with Crippen LogP contribution in [0.15, 0.2) is 52.1 Å². The molecule has 0 bridgehead atoms. The first kappa shape index (κ1) is 19.2. The molecule has 1 aromatic heterocycles. The average Bonchev–Trinajstić information content (AvgIpc) is 2.71. The number of aromatic nitrogens is 2. The number of amides is 1. The van der Waals surface area contributed by atoms with Gasteiger partial charge in [0.05, 0.1) is 25.1 Å². The minimum absolute atomic E-state index is 0.222. The van der Waals surface area contributed by atoms with Crippen LogP contribution in [-0.4, -0.2) is 29.3 Å². The van der Waals surface area contributed by atoms with E-state index in [1.165, 1.54) is 18.8 Å². The van der Waals surface area contributed by atoms with Gasteiger partial charge in [-0.25, -0.2) is 4.79 Å². The molecule has 1 N–H and O–H groups in total. The molecular weight excluding hydrogens is 362 g/mol. The SMILES string of the molecule is CCn1c(=O)c2ccccc2n(CC(=O)Nc2ccc(OC)c(OC)c2)c1=O. The van der Waals surface area contributed by atoms with Gasteiger partial charge in [-0.3, -0.25) is 18.7 Å². The van der Waals surface area contributed by atoms with Crippen LogP contribution in [0.2, 0.25) is 0 Å². The van der Waals surface area contributed by atoms with Gasteiger partial charge in [-0.05, 0) is 31.2 Å². The summed E-state index contributed by atoms with van der Waals surface area (Å²) in [5.74, 6) is 0.612. The maximum Gasteiger partial charge on any atom is 0.331 e. The number of nitrogens with one attached hydrogen (secondary N) is 1. The summed E-state index contributed by atoms with van der Waals surface area (Å²) in [6.07, 6.45) is 0. The fourth-order valence-corrected chi connectivity index (χ4v) is 3.06. The van der Waals surface area contributed by atoms with Crippen molar-refractivity contribution in [2.75, 3.05) is 19.5 Å². The van der Waals surface area contributed by atoms with Gasteiger partial charge < -0.3 is 14.8 Å². The summed E-state index contributed by atoms with van der Waals surface area (Å²) in [6, 6.07) is 11.7. The minimum atomic E-state index is -0.520. The van der Waals surface area contributed by atoms with Gasteiger partial charge in [0.25, 0.3) is 5.56 Å². The fourth-order valence-electron chi connectivity index (χ4n) is 3.06. The highest BCUT2D eigenvalue weighted by Crippen LogP contribution is 2.29. The molecule has 0 aliphatic carbocycles. The predicted octanol–water partition coefficient (Wildman–Crippen LogP) is 1.84. The Labute approximate surface area is 160 Å². The molecule has 28 heavy (non-hydrogen) atoms. The Morgan fingerprint density at radius 1 is 1.00 bits per heavy atom. The van der Waals surface area contributed by atoms with Crippen molar-refractivity contribution in [1.82, 2.24) is 9.13 Å². The summed E-state index contributed by atoms with van der Waals surface area (Å²) in [7, 11) is 3.03. The Balaban J connectivity index is 1.96. The molecule has 3 aromatic rings. The number of carbonyl (C=O) groups excluding carboxylic acids is 1. The van der Waals surface area contributed by atoms with Gasteiger partial charge >= 0.3 is 5.69 Å². The lowest BCUT2D eigenvalue weighted by Gasteiger charge is -2.14. The molecule has 1 amide bonds. The number of para-hydroxylation sites is 1. The number of hydrogen-bond acceptors (Lipinski definition) is 5. The number of rotatable bonds is 6. The molecule has 0 saturated heterocycles. The summed E-state index contributed by atoms with van der Waals surface area (Å²) in [6.45, 7) is 1.71. The Bertz CT molecular complexity index is 1150. The second-order valence-corrected chi connectivity index (χ2v) is 6.05. The third-order valence-electron chi connectivity index (χ3n) is 4.42. The second kappa shape index (κ2) is 7.99. The van der Waals surface area contributed by atoms with Crippen molar-refractivity contribution in [3.05, 3.63) is 63.3 Å². The maximum atomic E-state index is 12.7. The molecule has 0 atom stereocenters. The lowest BCUT2D eigenvalue weighted by Crippen LogP contribution is -2.41. The van der Waals surface area contributed by atoms with E-state index in [-0.39, 0.29) is 18.6 Å². The quantitative estimate of drug-likeness (QED) is 0.701. The van der Waals surface area contributed by atoms with Crippen LogP contribution < -0.4 is 26.0 Å². The van der Waals surface area contributed by atoms with Crippen LogP contribution in [0.3, 0.4) is 0 Å². The highest BCUT2D eigenvalue weighted by atomic mass is 16.5. The molecule has 146 valence electrons. The monoisotopic (exact) mass is 383 g/mol. The van der Waals surface area contributed by atoms with Gasteiger partial charge in [-0.2, -0.15) is 0 Å². The molecule has 0 unspecified atom stereocenters. The number of fused-ring (bicyclic) bond motifs is 1. The Hall–Kier alpha value is -3.55. The van der Waals surface area contributed by atoms with Crippen LogP contribution in [-0.2, 0) is 17.9 Å². The Kier molecular flexibility index (Phi) is 5.49. The number of methoxy groups -OCH3 is 2. The van der Waals surface area contributed by atoms with Crippen molar-refractivity contribution >= 4 is 22.5 Å². The van der Waals surface area contributed by atoms with Gasteiger partial charge in [0.1, 0.15) is 6.54 Å². The number of anilines is 1. The zero-order valence-electron chi connectivity index (χ0n) is 15.9. The van der Waals surface area contributed by atoms with Gasteiger partial charge in [-0.15, -0.1) is 0 Å². The number of benzene rings is 2. The maximum absolute atomic E-state index is 12.7. The summed E-state index contributed by atoms with van der Waals surface area (Å²) >= 11 is 0. The molecule has 0 spiro atoms. The zero-order chi connectivity index (χ0) is 20.3. The largest absolute Gasteiger partial charge is 0.493 e. The summed E-state index contributed by atoms with van der Waals surface area (Å²) in [5, 5.41) is 3.13. The molecule has 0 aliphatic rings. The van der Waals surface area contributed by atoms with Gasteiger partial charge in [0.15, 0.2) is 11.5 Å². The molecule has 0 aliphatic heterocycles. The summed E-state index contributed by atoms with van der Waals surface area (Å²) in [5.41, 5.74) is 0.0433. The molecule has 3 rings (SSSR count). The van der Waals surface area contributed by atoms with Gasteiger partial charge in [-0.1, -0.05) is 12.1 Å². The van der Waals surface area contributed by atoms with Crippen molar-refractivity contribution < 1.29 is 14.3 Å². The first-order chi connectivity index (χ1) is 13.5. The van der Waals surface area contributed by atoms with Crippen molar-refractivity contribution in [3.63, 3.8) is 0 Å². The van der Waals surface area contributed by atoms with Crippen LogP contribution in [0.5, 0.6) is 11.5 Å². The normalized spacial score (nSPS) is 10.7. The fraction of sp³-hybridized carbons (Fsp3) is 0.250. The highest BCUT2D eigenvalue weighted by Gasteiger charge is 2.15. The average molecular weight is 383 g/mol. The van der Waals surface area contributed by atoms with Crippen LogP contribution in [0.1, 0.15) is 6.92 Å². The number of ether oxygens (including phenoxy) is 2. The van der Waals surface area contributed by atoms with E-state index < -0.39 is 11.6 Å². The van der Waals surface area contributed by atoms with Gasteiger partial charge in [0, 0.05) is 18.3 Å². The lowest BCUT2D eigenvalue weighted by molar-refractivity contribution is -0.116. The zero-order valence-corrected chi connectivity index (χ0v) is 15.9. The van der Waals surface area contributed by atoms with E-state index >= 15 is 0 Å². The molecule has 8 nitrogen and oxygen atoms in total. The molecular formula is C20H21N3O5. The predicted molar refractivity (Wildman–Crippen MR) is 106 cm³/mol. The molecule has 0 fully saturated rings. The minimum Gasteiger partial charge on any atom is -0.493 e. The smallest absolute Gasteiger partial charge is 0.331 e. The van der Waals surface area contributed by atoms with E-state index in [1.54, 1.807) is 49.4 Å². The lowest BCUT2D eigenvalue weighted by atomic mass is 10.2. The van der Waals surface area contributed by atoms with Crippen LogP contribution in [0, 0.1) is 0 Å². The number of nitrogens with zero attached hydrogens (tertiary/aromatic N) is 2. The number of hydrogen-bond donors (Lipinski definition) is 1. The van der Waals surface area contributed by atoms with Crippen LogP contribution >= 0.6 is 0 Å². The van der Waals surface area contributed by atoms with Crippen molar-refractivity contribution in [2.24, 2.45) is 0 Å². The third-order valence-corrected chi connectivity index (χ3v) is 4.42. The van der Waals surface area contributed by atoms with E-state index in [0.717, 1.165) is 4.57 Å².